The van der Waals surface area contributed by atoms with E-state index in [-0.39, 0.29) is 25.0 Å². The van der Waals surface area contributed by atoms with E-state index >= 15 is 0 Å². The van der Waals surface area contributed by atoms with Gasteiger partial charge in [-0.2, -0.15) is 0 Å². The van der Waals surface area contributed by atoms with Crippen molar-refractivity contribution < 1.29 is 14.3 Å². The average molecular weight is 368 g/mol. The number of likely N-dealkylation sites (N-methyl/N-ethyl adjacent to an activating group) is 1. The first-order valence-corrected chi connectivity index (χ1v) is 9.11. The number of rotatable bonds is 7. The summed E-state index contributed by atoms with van der Waals surface area (Å²) in [6.45, 7) is 7.91. The van der Waals surface area contributed by atoms with Crippen molar-refractivity contribution in [1.82, 2.24) is 4.90 Å². The molecule has 2 amide bonds. The second-order valence-corrected chi connectivity index (χ2v) is 7.05. The van der Waals surface area contributed by atoms with Crippen LogP contribution in [-0.4, -0.2) is 36.9 Å². The fraction of sp³-hybridized carbons (Fsp3) is 0.364. The third-order valence-electron chi connectivity index (χ3n) is 4.44. The van der Waals surface area contributed by atoms with Gasteiger partial charge in [-0.3, -0.25) is 9.59 Å². The molecule has 0 unspecified atom stereocenters. The number of aryl methyl sites for hydroxylation is 2. The second kappa shape index (κ2) is 9.21. The number of carbonyl (C=O) groups is 2. The van der Waals surface area contributed by atoms with Crippen molar-refractivity contribution in [2.45, 2.75) is 33.6 Å². The minimum absolute atomic E-state index is 0.0260. The quantitative estimate of drug-likeness (QED) is 0.806. The zero-order valence-corrected chi connectivity index (χ0v) is 16.7. The number of hydrogen-bond donors (Lipinski definition) is 1. The fourth-order valence-electron chi connectivity index (χ4n) is 2.83. The van der Waals surface area contributed by atoms with Crippen molar-refractivity contribution in [2.24, 2.45) is 0 Å². The maximum atomic E-state index is 12.3. The smallest absolute Gasteiger partial charge is 0.260 e. The van der Waals surface area contributed by atoms with Crippen LogP contribution in [0.15, 0.2) is 42.5 Å². The fourth-order valence-corrected chi connectivity index (χ4v) is 2.83. The van der Waals surface area contributed by atoms with Crippen LogP contribution >= 0.6 is 0 Å². The van der Waals surface area contributed by atoms with Crippen molar-refractivity contribution in [2.75, 3.05) is 25.5 Å². The molecule has 0 bridgehead atoms. The first kappa shape index (κ1) is 20.5. The van der Waals surface area contributed by atoms with Crippen molar-refractivity contribution in [3.8, 4) is 5.75 Å². The summed E-state index contributed by atoms with van der Waals surface area (Å²) in [6, 6.07) is 13.5. The predicted molar refractivity (Wildman–Crippen MR) is 108 cm³/mol. The highest BCUT2D eigenvalue weighted by atomic mass is 16.5. The molecule has 0 atom stereocenters. The van der Waals surface area contributed by atoms with Crippen molar-refractivity contribution in [3.05, 3.63) is 59.2 Å². The normalized spacial score (nSPS) is 10.6. The summed E-state index contributed by atoms with van der Waals surface area (Å²) in [6.07, 6.45) is 0. The highest BCUT2D eigenvalue weighted by molar-refractivity contribution is 5.95. The molecule has 0 spiro atoms. The maximum Gasteiger partial charge on any atom is 0.260 e. The Bertz CT molecular complexity index is 795. The summed E-state index contributed by atoms with van der Waals surface area (Å²) in [5.41, 5.74) is 3.84. The summed E-state index contributed by atoms with van der Waals surface area (Å²) in [7, 11) is 1.60. The molecule has 0 saturated carbocycles. The van der Waals surface area contributed by atoms with Gasteiger partial charge in [0.2, 0.25) is 5.91 Å². The Morgan fingerprint density at radius 2 is 1.67 bits per heavy atom. The van der Waals surface area contributed by atoms with Crippen molar-refractivity contribution >= 4 is 17.5 Å². The molecule has 1 N–H and O–H groups in total. The van der Waals surface area contributed by atoms with E-state index in [2.05, 4.69) is 19.2 Å². The zero-order valence-electron chi connectivity index (χ0n) is 16.7. The number of hydrogen-bond acceptors (Lipinski definition) is 3. The second-order valence-electron chi connectivity index (χ2n) is 7.05. The van der Waals surface area contributed by atoms with E-state index < -0.39 is 0 Å². The van der Waals surface area contributed by atoms with E-state index in [0.717, 1.165) is 22.4 Å². The molecule has 2 aromatic carbocycles. The van der Waals surface area contributed by atoms with Gasteiger partial charge in [-0.15, -0.1) is 0 Å². The molecule has 0 radical (unpaired) electrons. The molecule has 0 aromatic heterocycles. The molecule has 0 aliphatic rings. The number of nitrogens with one attached hydrogen (secondary N) is 1. The molecule has 27 heavy (non-hydrogen) atoms. The van der Waals surface area contributed by atoms with Gasteiger partial charge < -0.3 is 15.0 Å². The van der Waals surface area contributed by atoms with Crippen molar-refractivity contribution in [1.29, 1.82) is 0 Å². The summed E-state index contributed by atoms with van der Waals surface area (Å²) >= 11 is 0. The number of benzene rings is 2. The van der Waals surface area contributed by atoms with Gasteiger partial charge in [0.15, 0.2) is 6.61 Å². The summed E-state index contributed by atoms with van der Waals surface area (Å²) in [4.78, 5) is 26.0. The van der Waals surface area contributed by atoms with Crippen LogP contribution in [0.3, 0.4) is 0 Å². The lowest BCUT2D eigenvalue weighted by atomic mass is 10.0. The highest BCUT2D eigenvalue weighted by Gasteiger charge is 2.16. The Morgan fingerprint density at radius 1 is 1.04 bits per heavy atom. The van der Waals surface area contributed by atoms with E-state index in [1.807, 2.05) is 56.3 Å². The van der Waals surface area contributed by atoms with E-state index in [0.29, 0.717) is 11.7 Å². The molecular formula is C22H28N2O3. The molecular weight excluding hydrogens is 340 g/mol. The van der Waals surface area contributed by atoms with Crippen LogP contribution < -0.4 is 10.1 Å². The lowest BCUT2D eigenvalue weighted by Crippen LogP contribution is -2.37. The van der Waals surface area contributed by atoms with Gasteiger partial charge in [0.1, 0.15) is 5.75 Å². The first-order valence-electron chi connectivity index (χ1n) is 9.11. The van der Waals surface area contributed by atoms with Crippen molar-refractivity contribution in [3.63, 3.8) is 0 Å². The Kier molecular flexibility index (Phi) is 6.99. The molecule has 0 fully saturated rings. The van der Waals surface area contributed by atoms with Gasteiger partial charge in [0.25, 0.3) is 5.91 Å². The molecule has 0 aliphatic heterocycles. The number of ether oxygens (including phenoxy) is 1. The van der Waals surface area contributed by atoms with Crippen LogP contribution in [-0.2, 0) is 9.59 Å². The topological polar surface area (TPSA) is 58.6 Å². The van der Waals surface area contributed by atoms with Gasteiger partial charge in [-0.1, -0.05) is 50.2 Å². The number of anilines is 1. The van der Waals surface area contributed by atoms with Crippen LogP contribution in [0, 0.1) is 13.8 Å². The van der Waals surface area contributed by atoms with Crippen LogP contribution in [0.25, 0.3) is 0 Å². The van der Waals surface area contributed by atoms with Crippen LogP contribution in [0.2, 0.25) is 0 Å². The Balaban J connectivity index is 1.91. The standard InChI is InChI=1S/C22H28N2O3/c1-15(2)18-11-6-7-12-19(18)27-14-21(26)24(5)13-20(25)23-22-16(3)9-8-10-17(22)4/h6-12,15H,13-14H2,1-5H3,(H,23,25). The number of carbonyl (C=O) groups excluding carboxylic acids is 2. The maximum absolute atomic E-state index is 12.3. The minimum atomic E-state index is -0.245. The van der Waals surface area contributed by atoms with Crippen LogP contribution in [0.5, 0.6) is 5.75 Å². The summed E-state index contributed by atoms with van der Waals surface area (Å²) in [5.74, 6) is 0.530. The highest BCUT2D eigenvalue weighted by Crippen LogP contribution is 2.25. The Morgan fingerprint density at radius 3 is 2.30 bits per heavy atom. The predicted octanol–water partition coefficient (Wildman–Crippen LogP) is 3.90. The summed E-state index contributed by atoms with van der Waals surface area (Å²) < 4.78 is 5.70. The lowest BCUT2D eigenvalue weighted by Gasteiger charge is -2.19. The number of amides is 2. The minimum Gasteiger partial charge on any atom is -0.483 e. The average Bonchev–Trinajstić information content (AvgIpc) is 2.63. The zero-order chi connectivity index (χ0) is 20.0. The largest absolute Gasteiger partial charge is 0.483 e. The van der Waals surface area contributed by atoms with Gasteiger partial charge >= 0.3 is 0 Å². The van der Waals surface area contributed by atoms with Gasteiger partial charge in [-0.25, -0.2) is 0 Å². The Labute approximate surface area is 161 Å². The van der Waals surface area contributed by atoms with Crippen LogP contribution in [0.4, 0.5) is 5.69 Å². The van der Waals surface area contributed by atoms with Gasteiger partial charge in [-0.05, 0) is 42.5 Å². The lowest BCUT2D eigenvalue weighted by molar-refractivity contribution is -0.135. The Hall–Kier alpha value is -2.82. The molecule has 0 aliphatic carbocycles. The molecule has 144 valence electrons. The third-order valence-corrected chi connectivity index (χ3v) is 4.44. The van der Waals surface area contributed by atoms with E-state index in [9.17, 15) is 9.59 Å². The molecule has 2 rings (SSSR count). The van der Waals surface area contributed by atoms with Gasteiger partial charge in [0, 0.05) is 12.7 Å². The van der Waals surface area contributed by atoms with E-state index in [1.165, 1.54) is 4.90 Å². The number of para-hydroxylation sites is 2. The third kappa shape index (κ3) is 5.58. The summed E-state index contributed by atoms with van der Waals surface area (Å²) in [5, 5.41) is 2.89. The molecule has 0 heterocycles. The van der Waals surface area contributed by atoms with Gasteiger partial charge in [0.05, 0.1) is 6.54 Å². The van der Waals surface area contributed by atoms with E-state index in [1.54, 1.807) is 7.05 Å². The number of nitrogens with zero attached hydrogens (tertiary/aromatic N) is 1. The first-order chi connectivity index (χ1) is 12.8. The molecule has 2 aromatic rings. The van der Waals surface area contributed by atoms with E-state index in [4.69, 9.17) is 4.74 Å². The molecule has 5 heteroatoms. The monoisotopic (exact) mass is 368 g/mol. The SMILES string of the molecule is Cc1cccc(C)c1NC(=O)CN(C)C(=O)COc1ccccc1C(C)C. The molecule has 0 saturated heterocycles. The van der Waals surface area contributed by atoms with Crippen LogP contribution in [0.1, 0.15) is 36.5 Å². The molecule has 5 nitrogen and oxygen atoms in total.